The highest BCUT2D eigenvalue weighted by Gasteiger charge is 2.37. The van der Waals surface area contributed by atoms with E-state index in [1.807, 2.05) is 48.5 Å². The summed E-state index contributed by atoms with van der Waals surface area (Å²) in [6, 6.07) is -5.27. The van der Waals surface area contributed by atoms with Gasteiger partial charge in [-0.15, -0.1) is 0 Å². The van der Waals surface area contributed by atoms with Crippen LogP contribution in [0, 0.1) is 65.1 Å². The number of nitrogens with one attached hydrogen (secondary N) is 6. The number of carbonyl (C=O) groups is 13. The number of aliphatic hydroxyl groups is 1. The Kier molecular flexibility index (Phi) is 54.2. The van der Waals surface area contributed by atoms with Gasteiger partial charge in [0.1, 0.15) is 0 Å². The van der Waals surface area contributed by atoms with Crippen molar-refractivity contribution in [1.82, 2.24) is 31.9 Å². The number of primary amides is 1. The molecule has 115 heavy (non-hydrogen) atoms. The third kappa shape index (κ3) is 49.0. The Morgan fingerprint density at radius 1 is 0.365 bits per heavy atom. The van der Waals surface area contributed by atoms with Crippen molar-refractivity contribution >= 4 is 106 Å². The summed E-state index contributed by atoms with van der Waals surface area (Å²) < 4.78 is 0. The lowest BCUT2D eigenvalue weighted by molar-refractivity contribution is -0.139. The van der Waals surface area contributed by atoms with Crippen LogP contribution in [0.5, 0.6) is 0 Å². The number of carboxylic acids is 1. The van der Waals surface area contributed by atoms with Gasteiger partial charge in [0.15, 0.2) is 58.7 Å². The largest absolute Gasteiger partial charge is 0.481 e. The molecular weight excluding hydrogens is 1490 g/mol. The van der Waals surface area contributed by atoms with Crippen molar-refractivity contribution in [3.63, 3.8) is 0 Å². The van der Waals surface area contributed by atoms with E-state index in [-0.39, 0.29) is 176 Å². The van der Waals surface area contributed by atoms with Crippen LogP contribution in [0.1, 0.15) is 229 Å². The third-order valence-corrected chi connectivity index (χ3v) is 19.8. The van der Waals surface area contributed by atoms with Gasteiger partial charge in [-0.25, -0.2) is 0 Å². The van der Waals surface area contributed by atoms with E-state index in [4.69, 9.17) is 68.8 Å². The summed E-state index contributed by atoms with van der Waals surface area (Å²) in [5.41, 5.74) is 67.6. The van der Waals surface area contributed by atoms with E-state index in [2.05, 4.69) is 56.9 Å². The average molecular weight is 1630 g/mol. The summed E-state index contributed by atoms with van der Waals surface area (Å²) in [6.07, 6.45) is 1.54. The molecule has 656 valence electrons. The number of Topliss-reactive ketones (excluding diaryl/α,β-unsaturated/α-hetero) is 5. The number of nitrogens with zero attached hydrogens (tertiary/aromatic N) is 5. The minimum atomic E-state index is -1.30. The molecule has 0 fully saturated rings. The summed E-state index contributed by atoms with van der Waals surface area (Å²) in [6.45, 7) is 16.0. The van der Waals surface area contributed by atoms with Crippen LogP contribution in [0.4, 0.5) is 0 Å². The van der Waals surface area contributed by atoms with E-state index in [0.29, 0.717) is 51.4 Å². The van der Waals surface area contributed by atoms with Gasteiger partial charge in [0.25, 0.3) is 0 Å². The molecule has 0 spiro atoms. The number of carboxylic acid groups (broad SMARTS) is 1. The fourth-order valence-corrected chi connectivity index (χ4v) is 13.2. The van der Waals surface area contributed by atoms with E-state index in [1.54, 1.807) is 13.8 Å². The molecule has 0 aromatic rings. The molecule has 0 rings (SSSR count). The minimum absolute atomic E-state index is 0.00651. The van der Waals surface area contributed by atoms with Gasteiger partial charge in [0, 0.05) is 113 Å². The molecule has 13 atom stereocenters. The maximum atomic E-state index is 15.1. The van der Waals surface area contributed by atoms with Crippen molar-refractivity contribution < 1.29 is 72.5 Å². The topological polar surface area (TPSA) is 709 Å². The number of nitrogens with two attached hydrogens (primary N) is 12. The molecule has 0 aromatic carbocycles. The highest BCUT2D eigenvalue weighted by Crippen LogP contribution is 2.27. The number of guanidine groups is 5. The molecule has 0 unspecified atom stereocenters. The third-order valence-electron chi connectivity index (χ3n) is 19.8. The van der Waals surface area contributed by atoms with Crippen molar-refractivity contribution in [2.24, 2.45) is 159 Å². The lowest BCUT2D eigenvalue weighted by Gasteiger charge is -2.28. The number of hydrogen-bond acceptors (Lipinski definition) is 20. The molecule has 0 aliphatic rings. The SMILES string of the molecule is CC[C@H](C)[C@H](NC(=O)[C@@H](C)CCCN=C(N)N)C(=O)C[C@@H](CCC(=O)O)C(=O)NCC(=O)C[C@@H](CC(C)C)C(=O)N[C@@H](CCCN=C(N)N)C(=O)C[C@@H](CCCCN)C(=O)N[C@@H](CCCN=C(N)N)C(=O)C[C@@H](CCCN=C(N)N)C(=O)N[C@@H](CCCN=C(N)N)CC[C@@H](CC(C)C)C(=O)N[C@@H](CC(C)C)C(=O)C[C@@H](CO)C(N)=O. The van der Waals surface area contributed by atoms with Crippen LogP contribution in [-0.4, -0.2) is 199 Å². The van der Waals surface area contributed by atoms with Gasteiger partial charge in [0.05, 0.1) is 43.2 Å². The standard InChI is InChI=1S/C77H143N23O15/c1-10-47(8)65(100-67(110)48(9)18-13-29-90-73(80)81)63(106)40-52(25-27-64(107)108)68(111)95-42-56(102)37-53(35-45(4)5)72(115)98-58(23-17-33-94-77(88)89)60(103)38-49(19-11-12-28-78)70(113)97-57(22-16-32-93-76(86)87)61(104)39-50(20-14-30-91-74(82)83)69(112)96-55(21-15-31-92-75(84)85)26-24-51(34-44(2)3)71(114)99-59(36-46(6)7)62(105)41-54(43-101)66(79)109/h44-55,57-59,65,101H,10-43,78H2,1-9H3,(H2,79,109)(H,95,111)(H,96,112)(H,97,113)(H,98,115)(H,99,114)(H,100,110)(H,107,108)(H4,80,81,90)(H4,82,83,91)(H4,84,85,92)(H4,86,87,93)(H4,88,89,94)/t47-,48-,49+,50+,51-,52+,53+,54-,55-,57-,58-,59-,65-/m0/s1. The first-order valence-corrected chi connectivity index (χ1v) is 40.6. The van der Waals surface area contributed by atoms with Crippen LogP contribution in [0.3, 0.4) is 0 Å². The number of ketones is 5. The molecule has 0 heterocycles. The number of hydrogen-bond donors (Lipinski definition) is 20. The molecule has 0 bridgehead atoms. The van der Waals surface area contributed by atoms with E-state index in [9.17, 15) is 67.7 Å². The zero-order valence-corrected chi connectivity index (χ0v) is 69.6. The maximum Gasteiger partial charge on any atom is 0.303 e. The van der Waals surface area contributed by atoms with Crippen LogP contribution in [0.2, 0.25) is 0 Å². The normalized spacial score (nSPS) is 14.7. The molecule has 32 N–H and O–H groups in total. The molecule has 0 saturated carbocycles. The van der Waals surface area contributed by atoms with Gasteiger partial charge in [-0.05, 0) is 146 Å². The number of aliphatic imine (C=N–C) groups is 5. The summed E-state index contributed by atoms with van der Waals surface area (Å²) in [4.78, 5) is 202. The van der Waals surface area contributed by atoms with Crippen LogP contribution in [0.15, 0.2) is 25.0 Å². The summed E-state index contributed by atoms with van der Waals surface area (Å²) in [5.74, 6) is -17.0. The first kappa shape index (κ1) is 105. The van der Waals surface area contributed by atoms with Crippen molar-refractivity contribution in [2.75, 3.05) is 52.4 Å². The lowest BCUT2D eigenvalue weighted by atomic mass is 9.87. The quantitative estimate of drug-likeness (QED) is 0.0205. The monoisotopic (exact) mass is 1630 g/mol. The van der Waals surface area contributed by atoms with Gasteiger partial charge >= 0.3 is 5.97 Å². The minimum Gasteiger partial charge on any atom is -0.481 e. The number of aliphatic carboxylic acids is 1. The van der Waals surface area contributed by atoms with E-state index in [1.165, 1.54) is 0 Å². The zero-order valence-electron chi connectivity index (χ0n) is 69.6. The molecule has 0 saturated heterocycles. The van der Waals surface area contributed by atoms with Crippen molar-refractivity contribution in [3.8, 4) is 0 Å². The highest BCUT2D eigenvalue weighted by atomic mass is 16.4. The summed E-state index contributed by atoms with van der Waals surface area (Å²) >= 11 is 0. The predicted octanol–water partition coefficient (Wildman–Crippen LogP) is -0.640. The Morgan fingerprint density at radius 3 is 1.20 bits per heavy atom. The Morgan fingerprint density at radius 2 is 0.757 bits per heavy atom. The van der Waals surface area contributed by atoms with Crippen molar-refractivity contribution in [3.05, 3.63) is 0 Å². The second-order valence-electron chi connectivity index (χ2n) is 31.5. The van der Waals surface area contributed by atoms with Crippen LogP contribution >= 0.6 is 0 Å². The second-order valence-corrected chi connectivity index (χ2v) is 31.5. The van der Waals surface area contributed by atoms with Gasteiger partial charge in [0.2, 0.25) is 41.4 Å². The summed E-state index contributed by atoms with van der Waals surface area (Å²) in [5, 5.41) is 36.5. The smallest absolute Gasteiger partial charge is 0.303 e. The first-order valence-electron chi connectivity index (χ1n) is 40.6. The maximum absolute atomic E-state index is 15.1. The zero-order chi connectivity index (χ0) is 87.4. The van der Waals surface area contributed by atoms with Gasteiger partial charge in [-0.3, -0.25) is 87.3 Å². The highest BCUT2D eigenvalue weighted by molar-refractivity contribution is 5.98. The number of aliphatic hydroxyl groups excluding tert-OH is 1. The molecule has 0 radical (unpaired) electrons. The molecule has 38 nitrogen and oxygen atoms in total. The number of unbranched alkanes of at least 4 members (excludes halogenated alkanes) is 1. The number of amides is 7. The Hall–Kier alpha value is -9.62. The number of rotatable bonds is 67. The van der Waals surface area contributed by atoms with E-state index >= 15 is 4.79 Å². The molecule has 7 amide bonds. The molecule has 0 aliphatic carbocycles. The molecular formula is C77H143N23O15. The van der Waals surface area contributed by atoms with E-state index in [0.717, 1.165) is 0 Å². The molecule has 0 aromatic heterocycles. The lowest BCUT2D eigenvalue weighted by Crippen LogP contribution is -2.48. The Labute approximate surface area is 678 Å². The van der Waals surface area contributed by atoms with Crippen LogP contribution < -0.4 is 101 Å². The average Bonchev–Trinajstić information content (AvgIpc) is 0.883. The van der Waals surface area contributed by atoms with Crippen LogP contribution in [-0.2, 0) is 62.3 Å². The predicted molar refractivity (Wildman–Crippen MR) is 444 cm³/mol. The summed E-state index contributed by atoms with van der Waals surface area (Å²) in [7, 11) is 0. The number of carbonyl (C=O) groups excluding carboxylic acids is 12. The fraction of sp³-hybridized carbons (Fsp3) is 0.766. The van der Waals surface area contributed by atoms with Crippen molar-refractivity contribution in [2.45, 2.75) is 259 Å². The second kappa shape index (κ2) is 59.1. The van der Waals surface area contributed by atoms with Gasteiger partial charge < -0.3 is 111 Å². The molecule has 0 aliphatic heterocycles. The Bertz CT molecular complexity index is 3200. The van der Waals surface area contributed by atoms with Gasteiger partial charge in [-0.2, -0.15) is 0 Å². The van der Waals surface area contributed by atoms with Crippen molar-refractivity contribution in [1.29, 1.82) is 0 Å². The van der Waals surface area contributed by atoms with Gasteiger partial charge in [-0.1, -0.05) is 75.2 Å². The van der Waals surface area contributed by atoms with Crippen LogP contribution in [0.25, 0.3) is 0 Å². The first-order chi connectivity index (χ1) is 54.0. The van der Waals surface area contributed by atoms with E-state index < -0.39 is 193 Å². The fourth-order valence-electron chi connectivity index (χ4n) is 13.2. The Balaban J connectivity index is 7.49. The molecule has 38 heteroatoms.